The largest absolute Gasteiger partial charge is 0.497 e. The molecule has 140 valence electrons. The fourth-order valence-electron chi connectivity index (χ4n) is 2.47. The number of thioether (sulfide) groups is 1. The Morgan fingerprint density at radius 3 is 2.30 bits per heavy atom. The molecule has 2 aromatic rings. The molecule has 0 N–H and O–H groups in total. The first-order valence-corrected chi connectivity index (χ1v) is 9.06. The van der Waals surface area contributed by atoms with Gasteiger partial charge >= 0.3 is 6.18 Å². The Balaban J connectivity index is 1.75. The second-order valence-corrected chi connectivity index (χ2v) is 7.41. The van der Waals surface area contributed by atoms with Gasteiger partial charge in [0.25, 0.3) is 5.91 Å². The maximum atomic E-state index is 12.6. The number of ether oxygens (including phenoxy) is 1. The smallest absolute Gasteiger partial charge is 0.416 e. The van der Waals surface area contributed by atoms with Crippen LogP contribution in [0.4, 0.5) is 13.2 Å². The Kier molecular flexibility index (Phi) is 5.57. The van der Waals surface area contributed by atoms with Crippen molar-refractivity contribution in [2.75, 3.05) is 7.11 Å². The minimum atomic E-state index is -4.39. The molecule has 1 aliphatic rings. The highest BCUT2D eigenvalue weighted by Crippen LogP contribution is 2.34. The van der Waals surface area contributed by atoms with Crippen LogP contribution in [0.5, 0.6) is 5.75 Å². The summed E-state index contributed by atoms with van der Waals surface area (Å²) in [7, 11) is 1.57. The summed E-state index contributed by atoms with van der Waals surface area (Å²) < 4.78 is 43.4. The monoisotopic (exact) mass is 409 g/mol. The van der Waals surface area contributed by atoms with Crippen molar-refractivity contribution < 1.29 is 22.7 Å². The molecule has 27 heavy (non-hydrogen) atoms. The highest BCUT2D eigenvalue weighted by molar-refractivity contribution is 8.26. The van der Waals surface area contributed by atoms with E-state index in [-0.39, 0.29) is 5.91 Å². The number of methoxy groups -OCH3 is 1. The Hall–Kier alpha value is -2.32. The first-order valence-electron chi connectivity index (χ1n) is 7.83. The van der Waals surface area contributed by atoms with Gasteiger partial charge in [-0.3, -0.25) is 9.69 Å². The van der Waals surface area contributed by atoms with Crippen LogP contribution < -0.4 is 4.74 Å². The lowest BCUT2D eigenvalue weighted by Gasteiger charge is -2.14. The molecule has 0 spiro atoms. The summed E-state index contributed by atoms with van der Waals surface area (Å²) in [6, 6.07) is 11.9. The predicted molar refractivity (Wildman–Crippen MR) is 103 cm³/mol. The zero-order valence-electron chi connectivity index (χ0n) is 14.1. The molecule has 1 saturated heterocycles. The average Bonchev–Trinajstić information content (AvgIpc) is 2.89. The molecule has 0 aromatic heterocycles. The van der Waals surface area contributed by atoms with E-state index in [1.54, 1.807) is 25.3 Å². The molecule has 3 rings (SSSR count). The summed E-state index contributed by atoms with van der Waals surface area (Å²) in [5.74, 6) is 0.451. The molecule has 0 bridgehead atoms. The van der Waals surface area contributed by atoms with Crippen LogP contribution in [-0.4, -0.2) is 22.2 Å². The van der Waals surface area contributed by atoms with E-state index in [0.717, 1.165) is 29.5 Å². The molecule has 1 fully saturated rings. The number of hydrogen-bond donors (Lipinski definition) is 0. The van der Waals surface area contributed by atoms with Gasteiger partial charge in [-0.2, -0.15) is 13.2 Å². The van der Waals surface area contributed by atoms with Crippen LogP contribution in [0.25, 0.3) is 6.08 Å². The van der Waals surface area contributed by atoms with E-state index in [9.17, 15) is 18.0 Å². The molecule has 8 heteroatoms. The molecule has 1 heterocycles. The maximum absolute atomic E-state index is 12.6. The molecule has 2 aromatic carbocycles. The Labute approximate surface area is 163 Å². The Morgan fingerprint density at radius 2 is 1.74 bits per heavy atom. The van der Waals surface area contributed by atoms with E-state index in [4.69, 9.17) is 17.0 Å². The van der Waals surface area contributed by atoms with Crippen molar-refractivity contribution >= 4 is 40.3 Å². The highest BCUT2D eigenvalue weighted by Gasteiger charge is 2.32. The summed E-state index contributed by atoms with van der Waals surface area (Å²) in [6.45, 7) is 0.318. The molecule has 1 amide bonds. The van der Waals surface area contributed by atoms with Crippen LogP contribution >= 0.6 is 24.0 Å². The lowest BCUT2D eigenvalue weighted by atomic mass is 10.1. The van der Waals surface area contributed by atoms with Crippen molar-refractivity contribution in [3.8, 4) is 5.75 Å². The fourth-order valence-corrected chi connectivity index (χ4v) is 3.72. The van der Waals surface area contributed by atoms with Crippen LogP contribution in [0.3, 0.4) is 0 Å². The summed E-state index contributed by atoms with van der Waals surface area (Å²) in [6.07, 6.45) is -2.84. The van der Waals surface area contributed by atoms with Gasteiger partial charge in [-0.25, -0.2) is 0 Å². The van der Waals surface area contributed by atoms with Crippen LogP contribution in [0, 0.1) is 0 Å². The SMILES string of the molecule is COc1ccc(CN2C(=O)/C(=C\c3ccc(C(F)(F)F)cc3)SC2=S)cc1. The number of carbonyl (C=O) groups excluding carboxylic acids is 1. The summed E-state index contributed by atoms with van der Waals surface area (Å²) in [5.41, 5.74) is 0.669. The van der Waals surface area contributed by atoms with Gasteiger partial charge in [-0.15, -0.1) is 0 Å². The number of halogens is 3. The third kappa shape index (κ3) is 4.51. The van der Waals surface area contributed by atoms with E-state index in [0.29, 0.717) is 27.1 Å². The van der Waals surface area contributed by atoms with Crippen molar-refractivity contribution in [3.05, 3.63) is 70.1 Å². The van der Waals surface area contributed by atoms with Crippen LogP contribution in [0.15, 0.2) is 53.4 Å². The van der Waals surface area contributed by atoms with E-state index in [2.05, 4.69) is 0 Å². The number of rotatable bonds is 4. The fraction of sp³-hybridized carbons (Fsp3) is 0.158. The summed E-state index contributed by atoms with van der Waals surface area (Å²) in [5, 5.41) is 0. The van der Waals surface area contributed by atoms with Crippen LogP contribution in [0.1, 0.15) is 16.7 Å². The van der Waals surface area contributed by atoms with Gasteiger partial charge in [-0.05, 0) is 41.5 Å². The van der Waals surface area contributed by atoms with E-state index < -0.39 is 11.7 Å². The third-order valence-corrected chi connectivity index (χ3v) is 5.29. The normalized spacial score (nSPS) is 16.3. The van der Waals surface area contributed by atoms with Gasteiger partial charge in [-0.1, -0.05) is 48.2 Å². The predicted octanol–water partition coefficient (Wildman–Crippen LogP) is 5.12. The van der Waals surface area contributed by atoms with E-state index in [1.165, 1.54) is 17.0 Å². The van der Waals surface area contributed by atoms with Crippen LogP contribution in [-0.2, 0) is 17.5 Å². The molecule has 0 unspecified atom stereocenters. The number of nitrogens with zero attached hydrogens (tertiary/aromatic N) is 1. The standard InChI is InChI=1S/C19H14F3NO2S2/c1-25-15-8-4-13(5-9-15)11-23-17(24)16(27-18(23)26)10-12-2-6-14(7-3-12)19(20,21)22/h2-10H,11H2,1H3/b16-10+. The molecule has 0 aliphatic carbocycles. The minimum absolute atomic E-state index is 0.263. The summed E-state index contributed by atoms with van der Waals surface area (Å²) in [4.78, 5) is 14.5. The molecule has 0 saturated carbocycles. The number of hydrogen-bond acceptors (Lipinski definition) is 4. The van der Waals surface area contributed by atoms with Crippen molar-refractivity contribution in [2.24, 2.45) is 0 Å². The third-order valence-electron chi connectivity index (χ3n) is 3.91. The minimum Gasteiger partial charge on any atom is -0.497 e. The lowest BCUT2D eigenvalue weighted by molar-refractivity contribution is -0.137. The number of amides is 1. The molecule has 0 radical (unpaired) electrons. The topological polar surface area (TPSA) is 29.5 Å². The van der Waals surface area contributed by atoms with Crippen LogP contribution in [0.2, 0.25) is 0 Å². The van der Waals surface area contributed by atoms with Gasteiger partial charge in [0.1, 0.15) is 10.1 Å². The zero-order chi connectivity index (χ0) is 19.6. The van der Waals surface area contributed by atoms with Gasteiger partial charge in [0, 0.05) is 0 Å². The molecule has 3 nitrogen and oxygen atoms in total. The Bertz CT molecular complexity index is 891. The maximum Gasteiger partial charge on any atom is 0.416 e. The number of alkyl halides is 3. The highest BCUT2D eigenvalue weighted by atomic mass is 32.2. The molecule has 1 aliphatic heterocycles. The second kappa shape index (κ2) is 7.74. The van der Waals surface area contributed by atoms with Crippen molar-refractivity contribution in [1.29, 1.82) is 0 Å². The van der Waals surface area contributed by atoms with Crippen molar-refractivity contribution in [3.63, 3.8) is 0 Å². The quantitative estimate of drug-likeness (QED) is 0.518. The second-order valence-electron chi connectivity index (χ2n) is 5.74. The zero-order valence-corrected chi connectivity index (χ0v) is 15.8. The number of thiocarbonyl (C=S) groups is 1. The van der Waals surface area contributed by atoms with Gasteiger partial charge in [0.2, 0.25) is 0 Å². The molecule has 0 atom stereocenters. The Morgan fingerprint density at radius 1 is 1.11 bits per heavy atom. The molecular weight excluding hydrogens is 395 g/mol. The number of carbonyl (C=O) groups is 1. The van der Waals surface area contributed by atoms with Crippen molar-refractivity contribution in [1.82, 2.24) is 4.90 Å². The van der Waals surface area contributed by atoms with E-state index in [1.807, 2.05) is 12.1 Å². The van der Waals surface area contributed by atoms with Gasteiger partial charge in [0.15, 0.2) is 0 Å². The lowest BCUT2D eigenvalue weighted by Crippen LogP contribution is -2.27. The van der Waals surface area contributed by atoms with E-state index >= 15 is 0 Å². The average molecular weight is 409 g/mol. The number of benzene rings is 2. The first kappa shape index (κ1) is 19.4. The molecular formula is C19H14F3NO2S2. The first-order chi connectivity index (χ1) is 12.8. The van der Waals surface area contributed by atoms with Gasteiger partial charge < -0.3 is 4.74 Å². The van der Waals surface area contributed by atoms with Gasteiger partial charge in [0.05, 0.1) is 24.1 Å². The summed E-state index contributed by atoms with van der Waals surface area (Å²) >= 11 is 6.42. The van der Waals surface area contributed by atoms with Crippen molar-refractivity contribution in [2.45, 2.75) is 12.7 Å².